The van der Waals surface area contributed by atoms with Crippen LogP contribution in [-0.4, -0.2) is 41.4 Å². The van der Waals surface area contributed by atoms with Crippen molar-refractivity contribution in [1.29, 1.82) is 0 Å². The molecule has 0 spiro atoms. The highest BCUT2D eigenvalue weighted by Gasteiger charge is 2.36. The average Bonchev–Trinajstić information content (AvgIpc) is 2.93. The number of carboxylic acid groups (broad SMARTS) is 1. The molecule has 0 bridgehead atoms. The summed E-state index contributed by atoms with van der Waals surface area (Å²) in [5.41, 5.74) is 4.62. The molecule has 7 heteroatoms. The molecule has 0 amide bonds. The van der Waals surface area contributed by atoms with Gasteiger partial charge in [0.1, 0.15) is 11.6 Å². The number of carboxylic acids is 1. The molecule has 6 nitrogen and oxygen atoms in total. The van der Waals surface area contributed by atoms with Crippen LogP contribution in [-0.2, 0) is 16.0 Å². The molecule has 1 saturated heterocycles. The summed E-state index contributed by atoms with van der Waals surface area (Å²) in [5, 5.41) is 10.4. The number of ether oxygens (including phenoxy) is 2. The molecule has 1 fully saturated rings. The van der Waals surface area contributed by atoms with E-state index >= 15 is 0 Å². The van der Waals surface area contributed by atoms with E-state index in [1.807, 2.05) is 58.2 Å². The Balaban J connectivity index is 1.68. The van der Waals surface area contributed by atoms with Crippen molar-refractivity contribution in [2.24, 2.45) is 5.41 Å². The number of aryl methyl sites for hydroxylation is 1. The van der Waals surface area contributed by atoms with Gasteiger partial charge in [-0.25, -0.2) is 9.18 Å². The van der Waals surface area contributed by atoms with Crippen LogP contribution in [0.5, 0.6) is 5.75 Å². The zero-order valence-corrected chi connectivity index (χ0v) is 25.2. The summed E-state index contributed by atoms with van der Waals surface area (Å²) in [6.45, 7) is 14.4. The molecule has 1 aliphatic rings. The summed E-state index contributed by atoms with van der Waals surface area (Å²) in [6.07, 6.45) is 4.07. The zero-order valence-electron chi connectivity index (χ0n) is 25.2. The van der Waals surface area contributed by atoms with Crippen LogP contribution in [0, 0.1) is 18.2 Å². The van der Waals surface area contributed by atoms with Crippen molar-refractivity contribution in [3.63, 3.8) is 0 Å². The lowest BCUT2D eigenvalue weighted by molar-refractivity contribution is -0.162. The molecule has 2 heterocycles. The van der Waals surface area contributed by atoms with Crippen LogP contribution < -0.4 is 9.64 Å². The lowest BCUT2D eigenvalue weighted by Gasteiger charge is -2.41. The Labute approximate surface area is 243 Å². The Bertz CT molecular complexity index is 1330. The number of piperidine rings is 1. The minimum atomic E-state index is -1.14. The van der Waals surface area contributed by atoms with Crippen LogP contribution in [0.1, 0.15) is 76.8 Å². The minimum absolute atomic E-state index is 0.235. The van der Waals surface area contributed by atoms with Crippen LogP contribution in [0.4, 0.5) is 10.1 Å². The van der Waals surface area contributed by atoms with E-state index in [2.05, 4.69) is 23.7 Å². The molecule has 3 aromatic rings. The second kappa shape index (κ2) is 12.6. The summed E-state index contributed by atoms with van der Waals surface area (Å²) in [6, 6.07) is 14.3. The van der Waals surface area contributed by atoms with E-state index in [1.54, 1.807) is 12.1 Å². The van der Waals surface area contributed by atoms with Crippen molar-refractivity contribution in [2.45, 2.75) is 78.9 Å². The molecule has 4 rings (SSSR count). The second-order valence-corrected chi connectivity index (χ2v) is 12.4. The number of nitrogens with zero attached hydrogens (tertiary/aromatic N) is 2. The molecule has 2 aromatic carbocycles. The van der Waals surface area contributed by atoms with Crippen molar-refractivity contribution in [1.82, 2.24) is 4.98 Å². The van der Waals surface area contributed by atoms with Crippen molar-refractivity contribution < 1.29 is 23.8 Å². The number of aromatic nitrogens is 1. The number of anilines is 1. The van der Waals surface area contributed by atoms with Gasteiger partial charge in [0.15, 0.2) is 6.10 Å². The maximum atomic E-state index is 13.2. The normalized spacial score (nSPS) is 15.9. The molecule has 41 heavy (non-hydrogen) atoms. The summed E-state index contributed by atoms with van der Waals surface area (Å²) in [7, 11) is 0. The fourth-order valence-corrected chi connectivity index (χ4v) is 5.11. The third kappa shape index (κ3) is 7.64. The first-order chi connectivity index (χ1) is 19.4. The summed E-state index contributed by atoms with van der Waals surface area (Å²) < 4.78 is 25.4. The summed E-state index contributed by atoms with van der Waals surface area (Å²) in [4.78, 5) is 19.7. The lowest BCUT2D eigenvalue weighted by Crippen LogP contribution is -2.39. The van der Waals surface area contributed by atoms with E-state index in [1.165, 1.54) is 12.1 Å². The van der Waals surface area contributed by atoms with Crippen molar-refractivity contribution in [3.05, 3.63) is 77.4 Å². The molecule has 1 unspecified atom stereocenters. The van der Waals surface area contributed by atoms with Gasteiger partial charge in [-0.3, -0.25) is 4.98 Å². The van der Waals surface area contributed by atoms with Gasteiger partial charge in [0.2, 0.25) is 0 Å². The SMILES string of the molecule is CCC(C)(C)OC(C(=O)O)c1c(C)ncc(-c2ccc(OCCc3ccc(F)cc3)cc2)c1N1CCC(C)(C)CC1. The Morgan fingerprint density at radius 2 is 1.73 bits per heavy atom. The quantitative estimate of drug-likeness (QED) is 0.257. The van der Waals surface area contributed by atoms with Gasteiger partial charge in [0.25, 0.3) is 0 Å². The molecular weight excluding hydrogens is 519 g/mol. The molecular formula is C34H43FN2O4. The first-order valence-electron chi connectivity index (χ1n) is 14.5. The van der Waals surface area contributed by atoms with Crippen molar-refractivity contribution in [2.75, 3.05) is 24.6 Å². The number of aliphatic carboxylic acids is 1. The number of benzene rings is 2. The maximum absolute atomic E-state index is 13.2. The molecule has 0 radical (unpaired) electrons. The number of pyridine rings is 1. The highest BCUT2D eigenvalue weighted by atomic mass is 19.1. The van der Waals surface area contributed by atoms with Gasteiger partial charge in [0.05, 0.1) is 17.9 Å². The number of hydrogen-bond donors (Lipinski definition) is 1. The standard InChI is InChI=1S/C34H43FN2O4/c1-7-34(5,6)41-31(32(38)39)29-23(2)36-22-28(30(29)37-19-17-33(3,4)18-20-37)25-10-14-27(15-11-25)40-21-16-24-8-12-26(35)13-9-24/h8-15,22,31H,7,16-21H2,1-6H3,(H,38,39). The maximum Gasteiger partial charge on any atom is 0.337 e. The summed E-state index contributed by atoms with van der Waals surface area (Å²) in [5.74, 6) is -0.534. The average molecular weight is 563 g/mol. The van der Waals surface area contributed by atoms with Gasteiger partial charge >= 0.3 is 5.97 Å². The molecule has 0 saturated carbocycles. The minimum Gasteiger partial charge on any atom is -0.493 e. The predicted molar refractivity (Wildman–Crippen MR) is 161 cm³/mol. The first kappa shape index (κ1) is 30.5. The fraction of sp³-hybridized carbons (Fsp3) is 0.471. The highest BCUT2D eigenvalue weighted by molar-refractivity contribution is 5.86. The number of hydrogen-bond acceptors (Lipinski definition) is 5. The second-order valence-electron chi connectivity index (χ2n) is 12.4. The van der Waals surface area contributed by atoms with Gasteiger partial charge in [-0.15, -0.1) is 0 Å². The van der Waals surface area contributed by atoms with E-state index < -0.39 is 17.7 Å². The van der Waals surface area contributed by atoms with Gasteiger partial charge in [-0.1, -0.05) is 45.0 Å². The van der Waals surface area contributed by atoms with Gasteiger partial charge in [-0.2, -0.15) is 0 Å². The monoisotopic (exact) mass is 562 g/mol. The van der Waals surface area contributed by atoms with Gasteiger partial charge in [0, 0.05) is 42.5 Å². The Kier molecular flexibility index (Phi) is 9.37. The van der Waals surface area contributed by atoms with Crippen LogP contribution in [0.3, 0.4) is 0 Å². The molecule has 220 valence electrons. The van der Waals surface area contributed by atoms with E-state index in [9.17, 15) is 14.3 Å². The predicted octanol–water partition coefficient (Wildman–Crippen LogP) is 7.77. The first-order valence-corrected chi connectivity index (χ1v) is 14.5. The Hall–Kier alpha value is -3.45. The lowest BCUT2D eigenvalue weighted by atomic mass is 9.82. The highest BCUT2D eigenvalue weighted by Crippen LogP contribution is 2.43. The van der Waals surface area contributed by atoms with Crippen LogP contribution >= 0.6 is 0 Å². The number of halogens is 1. The van der Waals surface area contributed by atoms with Gasteiger partial charge < -0.3 is 19.5 Å². The van der Waals surface area contributed by atoms with Gasteiger partial charge in [-0.05, 0) is 80.8 Å². The molecule has 1 atom stereocenters. The van der Waals surface area contributed by atoms with Crippen LogP contribution in [0.25, 0.3) is 11.1 Å². The smallest absolute Gasteiger partial charge is 0.337 e. The van der Waals surface area contributed by atoms with E-state index in [4.69, 9.17) is 9.47 Å². The van der Waals surface area contributed by atoms with Crippen molar-refractivity contribution >= 4 is 11.7 Å². The summed E-state index contributed by atoms with van der Waals surface area (Å²) >= 11 is 0. The van der Waals surface area contributed by atoms with E-state index in [0.29, 0.717) is 30.7 Å². The molecule has 1 N–H and O–H groups in total. The molecule has 0 aliphatic carbocycles. The topological polar surface area (TPSA) is 71.9 Å². The van der Waals surface area contributed by atoms with Crippen molar-refractivity contribution in [3.8, 4) is 16.9 Å². The molecule has 1 aromatic heterocycles. The Morgan fingerprint density at radius 1 is 1.10 bits per heavy atom. The third-order valence-electron chi connectivity index (χ3n) is 8.23. The number of carbonyl (C=O) groups is 1. The molecule has 1 aliphatic heterocycles. The third-order valence-corrected chi connectivity index (χ3v) is 8.23. The number of rotatable bonds is 11. The van der Waals surface area contributed by atoms with E-state index in [-0.39, 0.29) is 11.2 Å². The largest absolute Gasteiger partial charge is 0.493 e. The van der Waals surface area contributed by atoms with Crippen LogP contribution in [0.2, 0.25) is 0 Å². The Morgan fingerprint density at radius 3 is 2.32 bits per heavy atom. The fourth-order valence-electron chi connectivity index (χ4n) is 5.11. The zero-order chi connectivity index (χ0) is 29.8. The van der Waals surface area contributed by atoms with Crippen LogP contribution in [0.15, 0.2) is 54.7 Å². The van der Waals surface area contributed by atoms with E-state index in [0.717, 1.165) is 54.1 Å².